The van der Waals surface area contributed by atoms with Crippen LogP contribution in [0.15, 0.2) is 18.2 Å². The van der Waals surface area contributed by atoms with Crippen molar-refractivity contribution in [3.8, 4) is 0 Å². The largest absolute Gasteiger partial charge is 0.462 e. The number of carbonyl (C=O) groups is 3. The topological polar surface area (TPSA) is 111 Å². The Labute approximate surface area is 155 Å². The highest BCUT2D eigenvalue weighted by molar-refractivity contribution is 6.33. The number of nitrogens with two attached hydrogens (primary N) is 1. The minimum absolute atomic E-state index is 0.186. The standard InChI is InChI=1S/C18H19ClN2O5/c1-4-25-18(24)15-9(2)16(21-10(15)3)14(22)8-26-17(23)11-5-6-12(19)13(20)7-11/h5-7,21H,4,8,20H2,1-3H3. The molecule has 138 valence electrons. The van der Waals surface area contributed by atoms with E-state index in [1.54, 1.807) is 20.8 Å². The Morgan fingerprint density at radius 3 is 2.46 bits per heavy atom. The van der Waals surface area contributed by atoms with Crippen LogP contribution >= 0.6 is 11.6 Å². The average molecular weight is 379 g/mol. The van der Waals surface area contributed by atoms with Gasteiger partial charge in [-0.1, -0.05) is 11.6 Å². The summed E-state index contributed by atoms with van der Waals surface area (Å²) in [6.45, 7) is 4.74. The molecule has 0 amide bonds. The van der Waals surface area contributed by atoms with E-state index in [0.717, 1.165) is 0 Å². The molecule has 0 bridgehead atoms. The van der Waals surface area contributed by atoms with Crippen molar-refractivity contribution in [3.05, 3.63) is 51.3 Å². The first-order chi connectivity index (χ1) is 12.3. The fraction of sp³-hybridized carbons (Fsp3) is 0.278. The first-order valence-corrected chi connectivity index (χ1v) is 8.25. The number of aryl methyl sites for hydroxylation is 1. The van der Waals surface area contributed by atoms with Gasteiger partial charge in [-0.3, -0.25) is 4.79 Å². The summed E-state index contributed by atoms with van der Waals surface area (Å²) < 4.78 is 10.0. The summed E-state index contributed by atoms with van der Waals surface area (Å²) in [5.41, 5.74) is 7.55. The molecule has 0 fully saturated rings. The van der Waals surface area contributed by atoms with E-state index < -0.39 is 24.3 Å². The van der Waals surface area contributed by atoms with Gasteiger partial charge in [-0.25, -0.2) is 9.59 Å². The first kappa shape index (κ1) is 19.5. The molecule has 7 nitrogen and oxygen atoms in total. The number of rotatable bonds is 6. The molecule has 0 saturated heterocycles. The number of anilines is 1. The van der Waals surface area contributed by atoms with Gasteiger partial charge in [-0.2, -0.15) is 0 Å². The van der Waals surface area contributed by atoms with Gasteiger partial charge in [-0.05, 0) is 44.5 Å². The highest BCUT2D eigenvalue weighted by atomic mass is 35.5. The predicted octanol–water partition coefficient (Wildman–Crippen LogP) is 3.08. The summed E-state index contributed by atoms with van der Waals surface area (Å²) in [6.07, 6.45) is 0. The van der Waals surface area contributed by atoms with E-state index in [9.17, 15) is 14.4 Å². The number of carbonyl (C=O) groups excluding carboxylic acids is 3. The van der Waals surface area contributed by atoms with Gasteiger partial charge < -0.3 is 20.2 Å². The molecule has 2 aromatic rings. The van der Waals surface area contributed by atoms with Gasteiger partial charge in [0.05, 0.1) is 34.1 Å². The zero-order chi connectivity index (χ0) is 19.4. The second kappa shape index (κ2) is 8.05. The molecular weight excluding hydrogens is 360 g/mol. The van der Waals surface area contributed by atoms with E-state index in [2.05, 4.69) is 4.98 Å². The van der Waals surface area contributed by atoms with Crippen LogP contribution in [0.3, 0.4) is 0 Å². The van der Waals surface area contributed by atoms with E-state index >= 15 is 0 Å². The normalized spacial score (nSPS) is 10.5. The number of benzene rings is 1. The van der Waals surface area contributed by atoms with Gasteiger partial charge in [0, 0.05) is 5.69 Å². The van der Waals surface area contributed by atoms with Crippen molar-refractivity contribution >= 4 is 35.0 Å². The van der Waals surface area contributed by atoms with Gasteiger partial charge in [-0.15, -0.1) is 0 Å². The number of nitrogen functional groups attached to an aromatic ring is 1. The maximum atomic E-state index is 12.4. The van der Waals surface area contributed by atoms with E-state index in [-0.39, 0.29) is 23.6 Å². The Balaban J connectivity index is 2.10. The minimum Gasteiger partial charge on any atom is -0.462 e. The maximum absolute atomic E-state index is 12.4. The molecule has 0 radical (unpaired) electrons. The number of H-pyrrole nitrogens is 1. The van der Waals surface area contributed by atoms with Crippen LogP contribution in [0, 0.1) is 13.8 Å². The van der Waals surface area contributed by atoms with Crippen LogP contribution in [0.4, 0.5) is 5.69 Å². The molecule has 0 aliphatic carbocycles. The van der Waals surface area contributed by atoms with Crippen molar-refractivity contribution < 1.29 is 23.9 Å². The van der Waals surface area contributed by atoms with Crippen molar-refractivity contribution in [2.45, 2.75) is 20.8 Å². The molecule has 0 unspecified atom stereocenters. The molecule has 2 rings (SSSR count). The summed E-state index contributed by atoms with van der Waals surface area (Å²) in [4.78, 5) is 39.2. The number of ether oxygens (including phenoxy) is 2. The van der Waals surface area contributed by atoms with Gasteiger partial charge in [0.15, 0.2) is 6.61 Å². The average Bonchev–Trinajstić information content (AvgIpc) is 2.89. The number of Topliss-reactive ketones (excluding diaryl/α,β-unsaturated/α-hetero) is 1. The quantitative estimate of drug-likeness (QED) is 0.454. The van der Waals surface area contributed by atoms with Crippen molar-refractivity contribution in [1.82, 2.24) is 4.98 Å². The van der Waals surface area contributed by atoms with Gasteiger partial charge in [0.1, 0.15) is 0 Å². The Kier molecular flexibility index (Phi) is 6.05. The Morgan fingerprint density at radius 1 is 1.15 bits per heavy atom. The maximum Gasteiger partial charge on any atom is 0.340 e. The van der Waals surface area contributed by atoms with Crippen molar-refractivity contribution in [2.75, 3.05) is 18.9 Å². The zero-order valence-electron chi connectivity index (χ0n) is 14.6. The highest BCUT2D eigenvalue weighted by Gasteiger charge is 2.23. The van der Waals surface area contributed by atoms with E-state index in [1.807, 2.05) is 0 Å². The number of aromatic nitrogens is 1. The van der Waals surface area contributed by atoms with Crippen LogP contribution in [0.5, 0.6) is 0 Å². The monoisotopic (exact) mass is 378 g/mol. The van der Waals surface area contributed by atoms with E-state index in [1.165, 1.54) is 18.2 Å². The third-order valence-electron chi connectivity index (χ3n) is 3.76. The lowest BCUT2D eigenvalue weighted by Gasteiger charge is -2.06. The Hall–Kier alpha value is -2.80. The van der Waals surface area contributed by atoms with Gasteiger partial charge in [0.25, 0.3) is 0 Å². The summed E-state index contributed by atoms with van der Waals surface area (Å²) in [5, 5.41) is 0.321. The lowest BCUT2D eigenvalue weighted by molar-refractivity contribution is 0.0472. The van der Waals surface area contributed by atoms with Gasteiger partial charge in [0.2, 0.25) is 5.78 Å². The second-order valence-corrected chi connectivity index (χ2v) is 5.99. The second-order valence-electron chi connectivity index (χ2n) is 5.58. The number of hydrogen-bond acceptors (Lipinski definition) is 6. The summed E-state index contributed by atoms with van der Waals surface area (Å²) in [6, 6.07) is 4.30. The van der Waals surface area contributed by atoms with Crippen LogP contribution in [-0.2, 0) is 9.47 Å². The van der Waals surface area contributed by atoms with E-state index in [0.29, 0.717) is 21.8 Å². The van der Waals surface area contributed by atoms with Crippen LogP contribution in [0.2, 0.25) is 5.02 Å². The number of halogens is 1. The van der Waals surface area contributed by atoms with Crippen LogP contribution in [0.1, 0.15) is 49.4 Å². The van der Waals surface area contributed by atoms with Gasteiger partial charge >= 0.3 is 11.9 Å². The summed E-state index contributed by atoms with van der Waals surface area (Å²) in [7, 11) is 0. The first-order valence-electron chi connectivity index (χ1n) is 7.87. The molecule has 0 aliphatic rings. The summed E-state index contributed by atoms with van der Waals surface area (Å²) >= 11 is 5.80. The Bertz CT molecular complexity index is 873. The number of hydrogen-bond donors (Lipinski definition) is 2. The molecule has 0 saturated carbocycles. The number of esters is 2. The van der Waals surface area contributed by atoms with Crippen LogP contribution in [0.25, 0.3) is 0 Å². The molecular formula is C18H19ClN2O5. The molecule has 0 atom stereocenters. The predicted molar refractivity (Wildman–Crippen MR) is 96.7 cm³/mol. The molecule has 26 heavy (non-hydrogen) atoms. The molecule has 8 heteroatoms. The molecule has 3 N–H and O–H groups in total. The minimum atomic E-state index is -0.701. The third kappa shape index (κ3) is 4.05. The number of nitrogens with one attached hydrogen (secondary N) is 1. The van der Waals surface area contributed by atoms with Crippen LogP contribution in [-0.4, -0.2) is 35.9 Å². The summed E-state index contributed by atoms with van der Waals surface area (Å²) in [5.74, 6) is -1.67. The van der Waals surface area contributed by atoms with Crippen molar-refractivity contribution in [1.29, 1.82) is 0 Å². The molecule has 0 spiro atoms. The lowest BCUT2D eigenvalue weighted by Crippen LogP contribution is -2.16. The molecule has 1 aromatic heterocycles. The van der Waals surface area contributed by atoms with Crippen molar-refractivity contribution in [2.24, 2.45) is 0 Å². The zero-order valence-corrected chi connectivity index (χ0v) is 15.4. The fourth-order valence-electron chi connectivity index (χ4n) is 2.50. The Morgan fingerprint density at radius 2 is 1.85 bits per heavy atom. The lowest BCUT2D eigenvalue weighted by atomic mass is 10.1. The fourth-order valence-corrected chi connectivity index (χ4v) is 2.61. The number of aromatic amines is 1. The molecule has 1 heterocycles. The highest BCUT2D eigenvalue weighted by Crippen LogP contribution is 2.21. The molecule has 0 aliphatic heterocycles. The molecule has 1 aromatic carbocycles. The van der Waals surface area contributed by atoms with Crippen LogP contribution < -0.4 is 5.73 Å². The number of ketones is 1. The van der Waals surface area contributed by atoms with E-state index in [4.69, 9.17) is 26.8 Å². The smallest absolute Gasteiger partial charge is 0.340 e. The van der Waals surface area contributed by atoms with Crippen molar-refractivity contribution in [3.63, 3.8) is 0 Å². The third-order valence-corrected chi connectivity index (χ3v) is 4.11. The SMILES string of the molecule is CCOC(=O)c1c(C)[nH]c(C(=O)COC(=O)c2ccc(Cl)c(N)c2)c1C.